The van der Waals surface area contributed by atoms with Crippen molar-refractivity contribution in [3.05, 3.63) is 12.2 Å². The highest BCUT2D eigenvalue weighted by molar-refractivity contribution is 5.86. The van der Waals surface area contributed by atoms with Crippen molar-refractivity contribution in [1.82, 2.24) is 4.90 Å². The first-order valence-corrected chi connectivity index (χ1v) is 9.09. The predicted octanol–water partition coefficient (Wildman–Crippen LogP) is 5.38. The van der Waals surface area contributed by atoms with Gasteiger partial charge in [-0.2, -0.15) is 0 Å². The van der Waals surface area contributed by atoms with Gasteiger partial charge in [-0.1, -0.05) is 71.3 Å². The lowest BCUT2D eigenvalue weighted by Crippen LogP contribution is -2.25. The van der Waals surface area contributed by atoms with Crippen LogP contribution in [0.3, 0.4) is 0 Å². The van der Waals surface area contributed by atoms with Gasteiger partial charge >= 0.3 is 5.97 Å². The van der Waals surface area contributed by atoms with Crippen LogP contribution in [0.4, 0.5) is 0 Å². The zero-order chi connectivity index (χ0) is 16.6. The zero-order valence-electron chi connectivity index (χ0n) is 15.6. The van der Waals surface area contributed by atoms with E-state index in [1.54, 1.807) is 6.92 Å². The molecule has 3 nitrogen and oxygen atoms in total. The fraction of sp³-hybridized carbons (Fsp3) is 0.842. The summed E-state index contributed by atoms with van der Waals surface area (Å²) in [7, 11) is 2.09. The van der Waals surface area contributed by atoms with Gasteiger partial charge in [0.15, 0.2) is 0 Å². The Bertz CT molecular complexity index is 295. The van der Waals surface area contributed by atoms with Gasteiger partial charge in [-0.15, -0.1) is 12.4 Å². The molecule has 0 aliphatic carbocycles. The average Bonchev–Trinajstić information content (AvgIpc) is 2.49. The zero-order valence-corrected chi connectivity index (χ0v) is 16.4. The van der Waals surface area contributed by atoms with Gasteiger partial charge in [0.05, 0.1) is 0 Å². The Kier molecular flexibility index (Phi) is 19.1. The fourth-order valence-corrected chi connectivity index (χ4v) is 2.40. The Morgan fingerprint density at radius 1 is 0.913 bits per heavy atom. The normalized spacial score (nSPS) is 10.4. The minimum atomic E-state index is -0.285. The fourth-order valence-electron chi connectivity index (χ4n) is 2.40. The van der Waals surface area contributed by atoms with Crippen LogP contribution in [0.1, 0.15) is 78.1 Å². The van der Waals surface area contributed by atoms with Crippen LogP contribution in [0.15, 0.2) is 12.2 Å². The number of hydrogen-bond acceptors (Lipinski definition) is 3. The van der Waals surface area contributed by atoms with Crippen LogP contribution in [0.25, 0.3) is 0 Å². The molecule has 0 spiro atoms. The number of halogens is 1. The van der Waals surface area contributed by atoms with Crippen LogP contribution in [0.5, 0.6) is 0 Å². The first-order valence-electron chi connectivity index (χ1n) is 9.09. The smallest absolute Gasteiger partial charge is 0.333 e. The molecule has 0 aliphatic rings. The maximum atomic E-state index is 11.2. The number of hydrogen-bond donors (Lipinski definition) is 0. The van der Waals surface area contributed by atoms with Crippen LogP contribution < -0.4 is 0 Å². The number of carbonyl (C=O) groups excluding carboxylic acids is 1. The molecule has 0 saturated carbocycles. The molecule has 0 saturated heterocycles. The quantitative estimate of drug-likeness (QED) is 0.226. The number of carbonyl (C=O) groups is 1. The first kappa shape index (κ1) is 24.7. The SMILES string of the molecule is C=C(C)C(=O)OCCN(C)CCCCCCCCCCCC.Cl. The third-order valence-corrected chi connectivity index (χ3v) is 3.95. The highest BCUT2D eigenvalue weighted by Crippen LogP contribution is 2.10. The van der Waals surface area contributed by atoms with Gasteiger partial charge in [0.25, 0.3) is 0 Å². The molecule has 0 amide bonds. The van der Waals surface area contributed by atoms with E-state index in [-0.39, 0.29) is 18.4 Å². The van der Waals surface area contributed by atoms with Gasteiger partial charge in [0.1, 0.15) is 6.61 Å². The molecule has 0 aromatic heterocycles. The summed E-state index contributed by atoms with van der Waals surface area (Å²) >= 11 is 0. The number of nitrogens with zero attached hydrogens (tertiary/aromatic N) is 1. The van der Waals surface area contributed by atoms with Crippen LogP contribution in [0, 0.1) is 0 Å². The van der Waals surface area contributed by atoms with Crippen LogP contribution in [0.2, 0.25) is 0 Å². The van der Waals surface area contributed by atoms with Crippen LogP contribution >= 0.6 is 12.4 Å². The Labute approximate surface area is 150 Å². The molecule has 4 heteroatoms. The van der Waals surface area contributed by atoms with Gasteiger partial charge in [0, 0.05) is 12.1 Å². The largest absolute Gasteiger partial charge is 0.461 e. The van der Waals surface area contributed by atoms with E-state index in [2.05, 4.69) is 25.5 Å². The Balaban J connectivity index is 0. The third kappa shape index (κ3) is 17.6. The van der Waals surface area contributed by atoms with Crippen molar-refractivity contribution >= 4 is 18.4 Å². The van der Waals surface area contributed by atoms with E-state index in [1.165, 1.54) is 64.2 Å². The van der Waals surface area contributed by atoms with Crippen LogP contribution in [-0.2, 0) is 9.53 Å². The highest BCUT2D eigenvalue weighted by Gasteiger charge is 2.04. The third-order valence-electron chi connectivity index (χ3n) is 3.95. The van der Waals surface area contributed by atoms with Crippen molar-refractivity contribution in [3.63, 3.8) is 0 Å². The summed E-state index contributed by atoms with van der Waals surface area (Å²) in [6, 6.07) is 0. The molecule has 0 rings (SSSR count). The predicted molar refractivity (Wildman–Crippen MR) is 102 cm³/mol. The number of unbranched alkanes of at least 4 members (excludes halogenated alkanes) is 9. The maximum absolute atomic E-state index is 11.2. The standard InChI is InChI=1S/C19H37NO2.ClH/c1-5-6-7-8-9-10-11-12-13-14-15-20(4)16-17-22-19(21)18(2)3;/h2,5-17H2,1,3-4H3;1H. The molecule has 0 radical (unpaired) electrons. The minimum Gasteiger partial charge on any atom is -0.461 e. The van der Waals surface area contributed by atoms with Gasteiger partial charge in [-0.05, 0) is 26.9 Å². The second-order valence-corrected chi connectivity index (χ2v) is 6.40. The van der Waals surface area contributed by atoms with Crippen molar-refractivity contribution in [2.75, 3.05) is 26.7 Å². The van der Waals surface area contributed by atoms with Gasteiger partial charge in [-0.25, -0.2) is 4.79 Å². The van der Waals surface area contributed by atoms with Crippen LogP contribution in [-0.4, -0.2) is 37.6 Å². The molecule has 0 bridgehead atoms. The van der Waals surface area contributed by atoms with Crippen molar-refractivity contribution < 1.29 is 9.53 Å². The number of ether oxygens (including phenoxy) is 1. The molecule has 0 N–H and O–H groups in total. The molecule has 23 heavy (non-hydrogen) atoms. The van der Waals surface area contributed by atoms with Crippen molar-refractivity contribution in [2.24, 2.45) is 0 Å². The van der Waals surface area contributed by atoms with E-state index in [1.807, 2.05) is 0 Å². The molecule has 0 aliphatic heterocycles. The lowest BCUT2D eigenvalue weighted by Gasteiger charge is -2.16. The molecule has 0 aromatic rings. The Morgan fingerprint density at radius 2 is 1.39 bits per heavy atom. The first-order chi connectivity index (χ1) is 10.6. The van der Waals surface area contributed by atoms with E-state index in [4.69, 9.17) is 4.74 Å². The van der Waals surface area contributed by atoms with E-state index in [9.17, 15) is 4.79 Å². The minimum absolute atomic E-state index is 0. The molecule has 0 heterocycles. The maximum Gasteiger partial charge on any atom is 0.333 e. The van der Waals surface area contributed by atoms with E-state index in [0.29, 0.717) is 12.2 Å². The van der Waals surface area contributed by atoms with Crippen molar-refractivity contribution in [1.29, 1.82) is 0 Å². The van der Waals surface area contributed by atoms with Crippen molar-refractivity contribution in [2.45, 2.75) is 78.1 Å². The summed E-state index contributed by atoms with van der Waals surface area (Å²) in [4.78, 5) is 13.5. The van der Waals surface area contributed by atoms with E-state index in [0.717, 1.165) is 13.1 Å². The molecular formula is C19H38ClNO2. The number of likely N-dealkylation sites (N-methyl/N-ethyl adjacent to an activating group) is 1. The molecule has 0 atom stereocenters. The second-order valence-electron chi connectivity index (χ2n) is 6.40. The van der Waals surface area contributed by atoms with E-state index >= 15 is 0 Å². The monoisotopic (exact) mass is 347 g/mol. The van der Waals surface area contributed by atoms with Crippen molar-refractivity contribution in [3.8, 4) is 0 Å². The summed E-state index contributed by atoms with van der Waals surface area (Å²) in [5, 5.41) is 0. The average molecular weight is 348 g/mol. The molecule has 0 aromatic carbocycles. The van der Waals surface area contributed by atoms with Gasteiger partial charge in [0.2, 0.25) is 0 Å². The summed E-state index contributed by atoms with van der Waals surface area (Å²) in [6.45, 7) is 9.86. The number of rotatable bonds is 15. The number of esters is 1. The topological polar surface area (TPSA) is 29.5 Å². The lowest BCUT2D eigenvalue weighted by atomic mass is 10.1. The molecule has 138 valence electrons. The van der Waals surface area contributed by atoms with Gasteiger partial charge < -0.3 is 9.64 Å². The van der Waals surface area contributed by atoms with Gasteiger partial charge in [-0.3, -0.25) is 0 Å². The molecule has 0 fully saturated rings. The Morgan fingerprint density at radius 3 is 1.87 bits per heavy atom. The highest BCUT2D eigenvalue weighted by atomic mass is 35.5. The van der Waals surface area contributed by atoms with E-state index < -0.39 is 0 Å². The summed E-state index contributed by atoms with van der Waals surface area (Å²) in [5.41, 5.74) is 0.470. The summed E-state index contributed by atoms with van der Waals surface area (Å²) in [5.74, 6) is -0.285. The molecular weight excluding hydrogens is 310 g/mol. The molecule has 0 unspecified atom stereocenters. The second kappa shape index (κ2) is 17.8. The summed E-state index contributed by atoms with van der Waals surface area (Å²) in [6.07, 6.45) is 13.7. The Hall–Kier alpha value is -0.540. The lowest BCUT2D eigenvalue weighted by molar-refractivity contribution is -0.139. The summed E-state index contributed by atoms with van der Waals surface area (Å²) < 4.78 is 5.09.